The van der Waals surface area contributed by atoms with Crippen LogP contribution in [0.3, 0.4) is 0 Å². The van der Waals surface area contributed by atoms with Crippen LogP contribution in [0, 0.1) is 0 Å². The van der Waals surface area contributed by atoms with E-state index in [0.717, 1.165) is 24.3 Å². The second-order valence-corrected chi connectivity index (χ2v) is 5.94. The van der Waals surface area contributed by atoms with Crippen molar-refractivity contribution in [3.63, 3.8) is 0 Å². The highest BCUT2D eigenvalue weighted by molar-refractivity contribution is 6.38. The van der Waals surface area contributed by atoms with Crippen LogP contribution in [0.15, 0.2) is 48.5 Å². The predicted octanol–water partition coefficient (Wildman–Crippen LogP) is 4.64. The number of H-pyrrole nitrogens is 1. The number of para-hydroxylation sites is 1. The van der Waals surface area contributed by atoms with Crippen LogP contribution in [0.25, 0.3) is 10.9 Å². The van der Waals surface area contributed by atoms with Crippen LogP contribution < -0.4 is 5.32 Å². The molecule has 0 aliphatic carbocycles. The molecular weight excluding hydrogens is 385 g/mol. The number of alkyl halides is 3. The van der Waals surface area contributed by atoms with Gasteiger partial charge in [0.1, 0.15) is 5.69 Å². The molecule has 3 rings (SSSR count). The zero-order chi connectivity index (χ0) is 19.6. The highest BCUT2D eigenvalue weighted by Crippen LogP contribution is 2.30. The van der Waals surface area contributed by atoms with Gasteiger partial charge in [-0.15, -0.1) is 0 Å². The van der Waals surface area contributed by atoms with Gasteiger partial charge in [-0.25, -0.2) is 4.79 Å². The lowest BCUT2D eigenvalue weighted by Crippen LogP contribution is -2.21. The molecule has 0 saturated carbocycles. The van der Waals surface area contributed by atoms with Gasteiger partial charge in [-0.05, 0) is 30.3 Å². The summed E-state index contributed by atoms with van der Waals surface area (Å²) in [5.41, 5.74) is -0.0306. The third kappa shape index (κ3) is 4.22. The first-order valence-electron chi connectivity index (χ1n) is 7.66. The number of carbonyl (C=O) groups excluding carboxylic acids is 2. The van der Waals surface area contributed by atoms with E-state index in [2.05, 4.69) is 10.3 Å². The number of halogens is 4. The molecule has 0 aliphatic heterocycles. The van der Waals surface area contributed by atoms with Crippen LogP contribution in [0.1, 0.15) is 16.1 Å². The standard InChI is InChI=1S/C18H12ClF3N2O3/c19-15-12-3-1-2-4-13(12)24-16(15)17(26)27-9-14(25)23-11-7-5-10(6-8-11)18(20,21)22/h1-8,24H,9H2,(H,23,25). The van der Waals surface area contributed by atoms with Crippen LogP contribution in [0.5, 0.6) is 0 Å². The van der Waals surface area contributed by atoms with Crippen molar-refractivity contribution in [3.05, 3.63) is 64.8 Å². The monoisotopic (exact) mass is 396 g/mol. The quantitative estimate of drug-likeness (QED) is 0.631. The Balaban J connectivity index is 1.60. The van der Waals surface area contributed by atoms with Gasteiger partial charge in [-0.2, -0.15) is 13.2 Å². The highest BCUT2D eigenvalue weighted by Gasteiger charge is 2.30. The summed E-state index contributed by atoms with van der Waals surface area (Å²) in [4.78, 5) is 26.8. The molecule has 5 nitrogen and oxygen atoms in total. The lowest BCUT2D eigenvalue weighted by Gasteiger charge is -2.09. The summed E-state index contributed by atoms with van der Waals surface area (Å²) < 4.78 is 42.4. The Labute approximate surface area is 156 Å². The van der Waals surface area contributed by atoms with Gasteiger partial charge >= 0.3 is 12.1 Å². The number of nitrogens with one attached hydrogen (secondary N) is 2. The number of ether oxygens (including phenoxy) is 1. The molecule has 0 atom stereocenters. The Kier molecular flexibility index (Phi) is 5.09. The summed E-state index contributed by atoms with van der Waals surface area (Å²) in [6, 6.07) is 10.9. The molecular formula is C18H12ClF3N2O3. The number of anilines is 1. The van der Waals surface area contributed by atoms with Crippen molar-refractivity contribution in [2.24, 2.45) is 0 Å². The normalized spacial score (nSPS) is 11.4. The van der Waals surface area contributed by atoms with Crippen LogP contribution in [0.2, 0.25) is 5.02 Å². The molecule has 0 spiro atoms. The Hall–Kier alpha value is -3.00. The lowest BCUT2D eigenvalue weighted by atomic mass is 10.2. The minimum Gasteiger partial charge on any atom is -0.451 e. The third-order valence-corrected chi connectivity index (χ3v) is 4.07. The molecule has 0 bridgehead atoms. The number of benzene rings is 2. The number of fused-ring (bicyclic) bond motifs is 1. The summed E-state index contributed by atoms with van der Waals surface area (Å²) >= 11 is 6.12. The van der Waals surface area contributed by atoms with Crippen molar-refractivity contribution in [2.45, 2.75) is 6.18 Å². The molecule has 0 unspecified atom stereocenters. The Bertz CT molecular complexity index is 997. The SMILES string of the molecule is O=C(COC(=O)c1[nH]c2ccccc2c1Cl)Nc1ccc(C(F)(F)F)cc1. The van der Waals surface area contributed by atoms with Crippen LogP contribution in [0.4, 0.5) is 18.9 Å². The molecule has 2 aromatic carbocycles. The second-order valence-electron chi connectivity index (χ2n) is 5.56. The average Bonchev–Trinajstić information content (AvgIpc) is 2.97. The fourth-order valence-electron chi connectivity index (χ4n) is 2.39. The van der Waals surface area contributed by atoms with Gasteiger partial charge in [0.25, 0.3) is 5.91 Å². The van der Waals surface area contributed by atoms with Crippen molar-refractivity contribution in [3.8, 4) is 0 Å². The zero-order valence-electron chi connectivity index (χ0n) is 13.6. The molecule has 3 aromatic rings. The number of hydrogen-bond donors (Lipinski definition) is 2. The summed E-state index contributed by atoms with van der Waals surface area (Å²) in [6.45, 7) is -0.619. The van der Waals surface area contributed by atoms with Gasteiger partial charge in [0.2, 0.25) is 0 Å². The van der Waals surface area contributed by atoms with Crippen molar-refractivity contribution >= 4 is 40.1 Å². The van der Waals surface area contributed by atoms with Crippen molar-refractivity contribution < 1.29 is 27.5 Å². The third-order valence-electron chi connectivity index (χ3n) is 3.68. The van der Waals surface area contributed by atoms with E-state index in [0.29, 0.717) is 10.9 Å². The minimum atomic E-state index is -4.46. The summed E-state index contributed by atoms with van der Waals surface area (Å²) in [5, 5.41) is 3.16. The molecule has 0 saturated heterocycles. The van der Waals surface area contributed by atoms with Crippen molar-refractivity contribution in [1.29, 1.82) is 0 Å². The van der Waals surface area contributed by atoms with E-state index in [4.69, 9.17) is 16.3 Å². The second kappa shape index (κ2) is 7.32. The molecule has 140 valence electrons. The average molecular weight is 397 g/mol. The van der Waals surface area contributed by atoms with Gasteiger partial charge in [0, 0.05) is 16.6 Å². The molecule has 0 aliphatic rings. The molecule has 2 N–H and O–H groups in total. The number of hydrogen-bond acceptors (Lipinski definition) is 3. The van der Waals surface area contributed by atoms with Crippen LogP contribution >= 0.6 is 11.6 Å². The van der Waals surface area contributed by atoms with Crippen molar-refractivity contribution in [1.82, 2.24) is 4.98 Å². The number of esters is 1. The highest BCUT2D eigenvalue weighted by atomic mass is 35.5. The predicted molar refractivity (Wildman–Crippen MR) is 93.7 cm³/mol. The maximum absolute atomic E-state index is 12.5. The minimum absolute atomic E-state index is 0.0141. The molecule has 1 heterocycles. The molecule has 27 heavy (non-hydrogen) atoms. The van der Waals surface area contributed by atoms with E-state index in [-0.39, 0.29) is 16.4 Å². The molecule has 0 fully saturated rings. The van der Waals surface area contributed by atoms with E-state index in [1.165, 1.54) is 0 Å². The summed E-state index contributed by atoms with van der Waals surface area (Å²) in [5.74, 6) is -1.52. The molecule has 9 heteroatoms. The van der Waals surface area contributed by atoms with Gasteiger partial charge in [-0.3, -0.25) is 4.79 Å². The number of amides is 1. The Morgan fingerprint density at radius 3 is 2.37 bits per heavy atom. The first-order chi connectivity index (χ1) is 12.8. The largest absolute Gasteiger partial charge is 0.451 e. The number of rotatable bonds is 4. The Morgan fingerprint density at radius 1 is 1.07 bits per heavy atom. The summed E-state index contributed by atoms with van der Waals surface area (Å²) in [7, 11) is 0. The zero-order valence-corrected chi connectivity index (χ0v) is 14.3. The van der Waals surface area contributed by atoms with Gasteiger partial charge < -0.3 is 15.0 Å². The van der Waals surface area contributed by atoms with Crippen LogP contribution in [-0.2, 0) is 15.7 Å². The van der Waals surface area contributed by atoms with Gasteiger partial charge in [-0.1, -0.05) is 29.8 Å². The smallest absolute Gasteiger partial charge is 0.416 e. The van der Waals surface area contributed by atoms with Gasteiger partial charge in [0.15, 0.2) is 6.61 Å². The summed E-state index contributed by atoms with van der Waals surface area (Å²) in [6.07, 6.45) is -4.46. The first kappa shape index (κ1) is 18.8. The van der Waals surface area contributed by atoms with Crippen LogP contribution in [-0.4, -0.2) is 23.5 Å². The number of carbonyl (C=O) groups is 2. The fourth-order valence-corrected chi connectivity index (χ4v) is 2.68. The topological polar surface area (TPSA) is 71.2 Å². The van der Waals surface area contributed by atoms with E-state index < -0.39 is 30.2 Å². The fraction of sp³-hybridized carbons (Fsp3) is 0.111. The molecule has 1 amide bonds. The maximum atomic E-state index is 12.5. The van der Waals surface area contributed by atoms with E-state index >= 15 is 0 Å². The van der Waals surface area contributed by atoms with E-state index in [1.54, 1.807) is 24.3 Å². The van der Waals surface area contributed by atoms with E-state index in [9.17, 15) is 22.8 Å². The van der Waals surface area contributed by atoms with Gasteiger partial charge in [0.05, 0.1) is 10.6 Å². The molecule has 0 radical (unpaired) electrons. The van der Waals surface area contributed by atoms with E-state index in [1.807, 2.05) is 0 Å². The molecule has 1 aromatic heterocycles. The number of aromatic nitrogens is 1. The number of aromatic amines is 1. The first-order valence-corrected chi connectivity index (χ1v) is 8.04. The Morgan fingerprint density at radius 2 is 1.74 bits per heavy atom. The maximum Gasteiger partial charge on any atom is 0.416 e. The lowest BCUT2D eigenvalue weighted by molar-refractivity contribution is -0.137. The van der Waals surface area contributed by atoms with Crippen molar-refractivity contribution in [2.75, 3.05) is 11.9 Å².